The van der Waals surface area contributed by atoms with Crippen LogP contribution in [0.5, 0.6) is 5.75 Å². The number of aliphatic hydroxyl groups is 1. The lowest BCUT2D eigenvalue weighted by atomic mass is 10.1. The number of aliphatic hydroxyl groups excluding tert-OH is 1. The Balaban J connectivity index is 2.50. The van der Waals surface area contributed by atoms with Crippen molar-refractivity contribution in [3.63, 3.8) is 0 Å². The number of aryl methyl sites for hydroxylation is 2. The van der Waals surface area contributed by atoms with Crippen LogP contribution in [0, 0.1) is 13.8 Å². The average molecular weight is 281 g/mol. The van der Waals surface area contributed by atoms with Crippen LogP contribution < -0.4 is 10.1 Å². The topological polar surface area (TPSA) is 84.9 Å². The van der Waals surface area contributed by atoms with Gasteiger partial charge in [-0.25, -0.2) is 4.79 Å². The number of carbonyl (C=O) groups excluding carboxylic acids is 2. The average Bonchev–Trinajstić information content (AvgIpc) is 2.45. The highest BCUT2D eigenvalue weighted by atomic mass is 16.5. The van der Waals surface area contributed by atoms with Gasteiger partial charge in [0.15, 0.2) is 12.6 Å². The van der Waals surface area contributed by atoms with Crippen LogP contribution in [-0.2, 0) is 14.3 Å². The third-order valence-electron chi connectivity index (χ3n) is 2.85. The van der Waals surface area contributed by atoms with Gasteiger partial charge in [0.05, 0.1) is 13.7 Å². The Morgan fingerprint density at radius 1 is 1.30 bits per heavy atom. The maximum atomic E-state index is 11.6. The van der Waals surface area contributed by atoms with E-state index in [9.17, 15) is 9.59 Å². The molecule has 1 atom stereocenters. The lowest BCUT2D eigenvalue weighted by Crippen LogP contribution is -2.45. The highest BCUT2D eigenvalue weighted by Gasteiger charge is 2.20. The summed E-state index contributed by atoms with van der Waals surface area (Å²) >= 11 is 0. The molecule has 0 aliphatic rings. The van der Waals surface area contributed by atoms with Crippen molar-refractivity contribution in [3.05, 3.63) is 29.3 Å². The summed E-state index contributed by atoms with van der Waals surface area (Å²) in [6.45, 7) is 3.16. The van der Waals surface area contributed by atoms with Gasteiger partial charge in [-0.2, -0.15) is 0 Å². The van der Waals surface area contributed by atoms with Crippen LogP contribution in [0.4, 0.5) is 0 Å². The molecule has 0 fully saturated rings. The summed E-state index contributed by atoms with van der Waals surface area (Å²) in [5, 5.41) is 11.3. The van der Waals surface area contributed by atoms with Gasteiger partial charge in [0.1, 0.15) is 5.75 Å². The molecule has 1 aromatic rings. The smallest absolute Gasteiger partial charge is 0.330 e. The van der Waals surface area contributed by atoms with E-state index in [2.05, 4.69) is 10.1 Å². The molecule has 0 heterocycles. The van der Waals surface area contributed by atoms with Gasteiger partial charge in [-0.05, 0) is 37.1 Å². The van der Waals surface area contributed by atoms with Crippen molar-refractivity contribution < 1.29 is 24.2 Å². The molecule has 1 amide bonds. The molecule has 0 aliphatic carbocycles. The lowest BCUT2D eigenvalue weighted by Gasteiger charge is -2.14. The number of nitrogens with one attached hydrogen (secondary N) is 1. The van der Waals surface area contributed by atoms with Gasteiger partial charge in [-0.3, -0.25) is 4.79 Å². The summed E-state index contributed by atoms with van der Waals surface area (Å²) in [7, 11) is 1.18. The van der Waals surface area contributed by atoms with E-state index >= 15 is 0 Å². The molecular weight excluding hydrogens is 262 g/mol. The lowest BCUT2D eigenvalue weighted by molar-refractivity contribution is -0.146. The Kier molecular flexibility index (Phi) is 5.99. The summed E-state index contributed by atoms with van der Waals surface area (Å²) in [4.78, 5) is 22.8. The summed E-state index contributed by atoms with van der Waals surface area (Å²) in [6, 6.07) is 4.41. The second-order valence-corrected chi connectivity index (χ2v) is 4.36. The standard InChI is InChI=1S/C14H19NO5/c1-9-4-5-11(6-10(9)2)20-8-13(17)15-12(7-16)14(18)19-3/h4-6,12,16H,7-8H2,1-3H3,(H,15,17)/t12-/m1/s1. The third-order valence-corrected chi connectivity index (χ3v) is 2.85. The zero-order chi connectivity index (χ0) is 15.1. The molecule has 6 heteroatoms. The van der Waals surface area contributed by atoms with E-state index in [4.69, 9.17) is 9.84 Å². The fourth-order valence-corrected chi connectivity index (χ4v) is 1.51. The van der Waals surface area contributed by atoms with E-state index < -0.39 is 24.5 Å². The Labute approximate surface area is 117 Å². The minimum atomic E-state index is -1.07. The monoisotopic (exact) mass is 281 g/mol. The number of hydrogen-bond donors (Lipinski definition) is 2. The summed E-state index contributed by atoms with van der Waals surface area (Å²) in [5.74, 6) is -0.637. The van der Waals surface area contributed by atoms with E-state index in [0.717, 1.165) is 11.1 Å². The first kappa shape index (κ1) is 16.0. The summed E-state index contributed by atoms with van der Waals surface area (Å²) < 4.78 is 9.76. The second kappa shape index (κ2) is 7.49. The quantitative estimate of drug-likeness (QED) is 0.734. The fraction of sp³-hybridized carbons (Fsp3) is 0.429. The minimum absolute atomic E-state index is 0.240. The van der Waals surface area contributed by atoms with Crippen LogP contribution in [0.15, 0.2) is 18.2 Å². The van der Waals surface area contributed by atoms with Gasteiger partial charge in [-0.1, -0.05) is 6.07 Å². The van der Waals surface area contributed by atoms with Gasteiger partial charge in [0.25, 0.3) is 5.91 Å². The third kappa shape index (κ3) is 4.55. The molecule has 0 aromatic heterocycles. The van der Waals surface area contributed by atoms with E-state index in [-0.39, 0.29) is 6.61 Å². The molecule has 0 spiro atoms. The highest BCUT2D eigenvalue weighted by molar-refractivity contribution is 5.85. The van der Waals surface area contributed by atoms with Crippen LogP contribution in [0.25, 0.3) is 0 Å². The number of esters is 1. The Morgan fingerprint density at radius 2 is 2.00 bits per heavy atom. The Hall–Kier alpha value is -2.08. The van der Waals surface area contributed by atoms with E-state index in [0.29, 0.717) is 5.75 Å². The number of benzene rings is 1. The first-order valence-electron chi connectivity index (χ1n) is 6.16. The Bertz CT molecular complexity index is 486. The molecule has 1 rings (SSSR count). The molecular formula is C14H19NO5. The van der Waals surface area contributed by atoms with Crippen molar-refractivity contribution in [1.82, 2.24) is 5.32 Å². The molecule has 0 bridgehead atoms. The molecule has 110 valence electrons. The number of hydrogen-bond acceptors (Lipinski definition) is 5. The van der Waals surface area contributed by atoms with Crippen LogP contribution in [0.2, 0.25) is 0 Å². The fourth-order valence-electron chi connectivity index (χ4n) is 1.51. The van der Waals surface area contributed by atoms with E-state index in [1.54, 1.807) is 6.07 Å². The van der Waals surface area contributed by atoms with Crippen molar-refractivity contribution in [1.29, 1.82) is 0 Å². The Morgan fingerprint density at radius 3 is 2.55 bits per heavy atom. The van der Waals surface area contributed by atoms with E-state index in [1.165, 1.54) is 7.11 Å². The van der Waals surface area contributed by atoms with E-state index in [1.807, 2.05) is 26.0 Å². The normalized spacial score (nSPS) is 11.6. The van der Waals surface area contributed by atoms with Gasteiger partial charge >= 0.3 is 5.97 Å². The van der Waals surface area contributed by atoms with Crippen molar-refractivity contribution in [2.75, 3.05) is 20.3 Å². The number of carbonyl (C=O) groups is 2. The van der Waals surface area contributed by atoms with Crippen molar-refractivity contribution in [2.24, 2.45) is 0 Å². The first-order chi connectivity index (χ1) is 9.47. The number of amides is 1. The van der Waals surface area contributed by atoms with Crippen LogP contribution in [0.1, 0.15) is 11.1 Å². The van der Waals surface area contributed by atoms with Gasteiger partial charge in [0.2, 0.25) is 0 Å². The van der Waals surface area contributed by atoms with Crippen molar-refractivity contribution >= 4 is 11.9 Å². The number of methoxy groups -OCH3 is 1. The molecule has 0 aliphatic heterocycles. The molecule has 2 N–H and O–H groups in total. The van der Waals surface area contributed by atoms with Crippen molar-refractivity contribution in [2.45, 2.75) is 19.9 Å². The highest BCUT2D eigenvalue weighted by Crippen LogP contribution is 2.16. The minimum Gasteiger partial charge on any atom is -0.484 e. The maximum absolute atomic E-state index is 11.6. The van der Waals surface area contributed by atoms with Gasteiger partial charge in [-0.15, -0.1) is 0 Å². The summed E-state index contributed by atoms with van der Waals surface area (Å²) in [6.07, 6.45) is 0. The zero-order valence-electron chi connectivity index (χ0n) is 11.8. The second-order valence-electron chi connectivity index (χ2n) is 4.36. The SMILES string of the molecule is COC(=O)[C@@H](CO)NC(=O)COc1ccc(C)c(C)c1. The predicted octanol–water partition coefficient (Wildman–Crippen LogP) is 0.332. The summed E-state index contributed by atoms with van der Waals surface area (Å²) in [5.41, 5.74) is 2.19. The maximum Gasteiger partial charge on any atom is 0.330 e. The van der Waals surface area contributed by atoms with Crippen molar-refractivity contribution in [3.8, 4) is 5.75 Å². The number of ether oxygens (including phenoxy) is 2. The first-order valence-corrected chi connectivity index (χ1v) is 6.16. The molecule has 0 saturated heterocycles. The van der Waals surface area contributed by atoms with Crippen LogP contribution >= 0.6 is 0 Å². The molecule has 20 heavy (non-hydrogen) atoms. The number of rotatable bonds is 6. The van der Waals surface area contributed by atoms with Gasteiger partial charge < -0.3 is 19.9 Å². The van der Waals surface area contributed by atoms with Crippen LogP contribution in [-0.4, -0.2) is 43.3 Å². The predicted molar refractivity (Wildman–Crippen MR) is 72.4 cm³/mol. The molecule has 0 saturated carbocycles. The molecule has 0 unspecified atom stereocenters. The molecule has 6 nitrogen and oxygen atoms in total. The van der Waals surface area contributed by atoms with Gasteiger partial charge in [0, 0.05) is 0 Å². The molecule has 1 aromatic carbocycles. The van der Waals surface area contributed by atoms with Crippen LogP contribution in [0.3, 0.4) is 0 Å². The zero-order valence-corrected chi connectivity index (χ0v) is 11.8. The largest absolute Gasteiger partial charge is 0.484 e. The molecule has 0 radical (unpaired) electrons.